The van der Waals surface area contributed by atoms with Crippen LogP contribution in [0.4, 0.5) is 0 Å². The predicted molar refractivity (Wildman–Crippen MR) is 94.7 cm³/mol. The molecule has 0 bridgehead atoms. The summed E-state index contributed by atoms with van der Waals surface area (Å²) < 4.78 is 30.0. The Morgan fingerprint density at radius 3 is 2.62 bits per heavy atom. The first-order chi connectivity index (χ1) is 11.5. The van der Waals surface area contributed by atoms with Gasteiger partial charge in [0.2, 0.25) is 10.0 Å². The van der Waals surface area contributed by atoms with Gasteiger partial charge >= 0.3 is 0 Å². The van der Waals surface area contributed by atoms with Crippen molar-refractivity contribution in [3.05, 3.63) is 35.6 Å². The topological polar surface area (TPSA) is 76.9 Å². The van der Waals surface area contributed by atoms with Gasteiger partial charge < -0.3 is 4.57 Å². The van der Waals surface area contributed by atoms with Crippen molar-refractivity contribution in [3.63, 3.8) is 0 Å². The zero-order chi connectivity index (χ0) is 17.2. The zero-order valence-corrected chi connectivity index (χ0v) is 15.6. The van der Waals surface area contributed by atoms with Crippen LogP contribution in [0.1, 0.15) is 25.7 Å². The molecular formula is C15H19ClN4O2S2. The molecule has 1 saturated carbocycles. The van der Waals surface area contributed by atoms with Gasteiger partial charge in [-0.15, -0.1) is 10.2 Å². The maximum absolute atomic E-state index is 12.6. The lowest BCUT2D eigenvalue weighted by molar-refractivity contribution is 0.422. The number of nitrogens with one attached hydrogen (secondary N) is 1. The lowest BCUT2D eigenvalue weighted by Crippen LogP contribution is -2.43. The summed E-state index contributed by atoms with van der Waals surface area (Å²) >= 11 is 7.42. The standard InChI is InChI=1S/C15H19ClN4O2S2/c1-20-10-17-18-15(20)23-14-5-3-2-4-13(14)19-24(21,22)12-8-6-11(16)7-9-12/h6-10,13-14,19H,2-5H2,1H3/t13-,14+/m0/s1. The minimum atomic E-state index is -3.56. The van der Waals surface area contributed by atoms with Crippen LogP contribution in [-0.2, 0) is 17.1 Å². The second-order valence-electron chi connectivity index (χ2n) is 5.85. The Hall–Kier alpha value is -1.09. The molecule has 1 aliphatic rings. The number of aryl methyl sites for hydroxylation is 1. The zero-order valence-electron chi connectivity index (χ0n) is 13.2. The van der Waals surface area contributed by atoms with E-state index in [9.17, 15) is 8.42 Å². The van der Waals surface area contributed by atoms with Gasteiger partial charge in [0.05, 0.1) is 4.90 Å². The van der Waals surface area contributed by atoms with Crippen molar-refractivity contribution in [2.45, 2.75) is 47.0 Å². The maximum Gasteiger partial charge on any atom is 0.240 e. The summed E-state index contributed by atoms with van der Waals surface area (Å²) in [7, 11) is -1.68. The summed E-state index contributed by atoms with van der Waals surface area (Å²) in [5, 5.41) is 9.44. The molecule has 1 heterocycles. The van der Waals surface area contributed by atoms with Crippen molar-refractivity contribution in [2.24, 2.45) is 7.05 Å². The monoisotopic (exact) mass is 386 g/mol. The van der Waals surface area contributed by atoms with Crippen LogP contribution in [0.15, 0.2) is 40.6 Å². The first kappa shape index (κ1) is 17.7. The Labute approximate surface area is 151 Å². The van der Waals surface area contributed by atoms with Crippen LogP contribution in [0.25, 0.3) is 0 Å². The van der Waals surface area contributed by atoms with Crippen molar-refractivity contribution in [1.82, 2.24) is 19.5 Å². The highest BCUT2D eigenvalue weighted by atomic mass is 35.5. The van der Waals surface area contributed by atoms with E-state index >= 15 is 0 Å². The fourth-order valence-corrected chi connectivity index (χ4v) is 5.52. The van der Waals surface area contributed by atoms with E-state index in [4.69, 9.17) is 11.6 Å². The van der Waals surface area contributed by atoms with E-state index in [2.05, 4.69) is 14.9 Å². The molecule has 1 aromatic carbocycles. The van der Waals surface area contributed by atoms with Gasteiger partial charge in [0.15, 0.2) is 5.16 Å². The van der Waals surface area contributed by atoms with Crippen LogP contribution in [0, 0.1) is 0 Å². The van der Waals surface area contributed by atoms with E-state index in [1.807, 2.05) is 11.6 Å². The molecule has 0 amide bonds. The number of benzene rings is 1. The molecule has 1 aromatic heterocycles. The Balaban J connectivity index is 1.75. The number of aromatic nitrogens is 3. The highest BCUT2D eigenvalue weighted by Crippen LogP contribution is 2.33. The molecule has 0 radical (unpaired) electrons. The number of rotatable bonds is 5. The lowest BCUT2D eigenvalue weighted by atomic mass is 9.96. The van der Waals surface area contributed by atoms with Gasteiger partial charge in [0, 0.05) is 23.4 Å². The van der Waals surface area contributed by atoms with Gasteiger partial charge in [0.1, 0.15) is 6.33 Å². The normalized spacial score (nSPS) is 21.8. The first-order valence-electron chi connectivity index (χ1n) is 7.74. The lowest BCUT2D eigenvalue weighted by Gasteiger charge is -2.31. The molecular weight excluding hydrogens is 368 g/mol. The van der Waals surface area contributed by atoms with Crippen LogP contribution in [-0.4, -0.2) is 34.5 Å². The third-order valence-corrected chi connectivity index (χ3v) is 7.26. The van der Waals surface area contributed by atoms with E-state index in [-0.39, 0.29) is 16.2 Å². The van der Waals surface area contributed by atoms with Crippen molar-refractivity contribution in [3.8, 4) is 0 Å². The molecule has 24 heavy (non-hydrogen) atoms. The van der Waals surface area contributed by atoms with E-state index in [0.717, 1.165) is 30.8 Å². The van der Waals surface area contributed by atoms with Crippen molar-refractivity contribution < 1.29 is 8.42 Å². The van der Waals surface area contributed by atoms with Crippen molar-refractivity contribution in [2.75, 3.05) is 0 Å². The quantitative estimate of drug-likeness (QED) is 0.854. The third kappa shape index (κ3) is 4.11. The Kier molecular flexibility index (Phi) is 5.49. The fraction of sp³-hybridized carbons (Fsp3) is 0.467. The van der Waals surface area contributed by atoms with Gasteiger partial charge in [-0.05, 0) is 37.1 Å². The van der Waals surface area contributed by atoms with Gasteiger partial charge in [-0.25, -0.2) is 13.1 Å². The summed E-state index contributed by atoms with van der Waals surface area (Å²) in [6.07, 6.45) is 5.53. The SMILES string of the molecule is Cn1cnnc1S[C@@H]1CCCC[C@@H]1NS(=O)(=O)c1ccc(Cl)cc1. The fourth-order valence-electron chi connectivity index (χ4n) is 2.77. The van der Waals surface area contributed by atoms with Gasteiger partial charge in [-0.2, -0.15) is 0 Å². The maximum atomic E-state index is 12.6. The van der Waals surface area contributed by atoms with E-state index in [0.29, 0.717) is 5.02 Å². The summed E-state index contributed by atoms with van der Waals surface area (Å²) in [6.45, 7) is 0. The molecule has 1 N–H and O–H groups in total. The minimum Gasteiger partial charge on any atom is -0.312 e. The molecule has 1 fully saturated rings. The molecule has 9 heteroatoms. The summed E-state index contributed by atoms with van der Waals surface area (Å²) in [5.41, 5.74) is 0. The Morgan fingerprint density at radius 1 is 1.25 bits per heavy atom. The van der Waals surface area contributed by atoms with Crippen LogP contribution < -0.4 is 4.72 Å². The summed E-state index contributed by atoms with van der Waals surface area (Å²) in [5.74, 6) is 0. The second-order valence-corrected chi connectivity index (χ2v) is 9.20. The molecule has 0 unspecified atom stereocenters. The van der Waals surface area contributed by atoms with Gasteiger partial charge in [-0.1, -0.05) is 36.2 Å². The van der Waals surface area contributed by atoms with E-state index in [1.165, 1.54) is 12.1 Å². The van der Waals surface area contributed by atoms with E-state index < -0.39 is 10.0 Å². The molecule has 6 nitrogen and oxygen atoms in total. The molecule has 2 aromatic rings. The number of nitrogens with zero attached hydrogens (tertiary/aromatic N) is 3. The molecule has 3 rings (SSSR count). The van der Waals surface area contributed by atoms with Crippen LogP contribution >= 0.6 is 23.4 Å². The highest BCUT2D eigenvalue weighted by Gasteiger charge is 2.31. The highest BCUT2D eigenvalue weighted by molar-refractivity contribution is 7.99. The summed E-state index contributed by atoms with van der Waals surface area (Å²) in [4.78, 5) is 0.236. The van der Waals surface area contributed by atoms with Gasteiger partial charge in [0.25, 0.3) is 0 Å². The number of thioether (sulfide) groups is 1. The molecule has 2 atom stereocenters. The second kappa shape index (κ2) is 7.43. The number of halogens is 1. The Bertz CT molecular complexity index is 792. The average Bonchev–Trinajstić information content (AvgIpc) is 2.94. The molecule has 1 aliphatic carbocycles. The van der Waals surface area contributed by atoms with Crippen molar-refractivity contribution in [1.29, 1.82) is 0 Å². The molecule has 130 valence electrons. The molecule has 0 spiro atoms. The molecule has 0 aliphatic heterocycles. The minimum absolute atomic E-state index is 0.124. The number of sulfonamides is 1. The summed E-state index contributed by atoms with van der Waals surface area (Å²) in [6, 6.07) is 6.10. The van der Waals surface area contributed by atoms with Gasteiger partial charge in [-0.3, -0.25) is 0 Å². The third-order valence-electron chi connectivity index (χ3n) is 4.06. The number of hydrogen-bond donors (Lipinski definition) is 1. The number of hydrogen-bond acceptors (Lipinski definition) is 5. The smallest absolute Gasteiger partial charge is 0.240 e. The largest absolute Gasteiger partial charge is 0.312 e. The van der Waals surface area contributed by atoms with E-state index in [1.54, 1.807) is 30.2 Å². The predicted octanol–water partition coefficient (Wildman–Crippen LogP) is 2.85. The van der Waals surface area contributed by atoms with Crippen LogP contribution in [0.5, 0.6) is 0 Å². The first-order valence-corrected chi connectivity index (χ1v) is 10.5. The average molecular weight is 387 g/mol. The molecule has 0 saturated heterocycles. The Morgan fingerprint density at radius 2 is 1.96 bits per heavy atom. The van der Waals surface area contributed by atoms with Crippen molar-refractivity contribution >= 4 is 33.4 Å². The van der Waals surface area contributed by atoms with Crippen LogP contribution in [0.3, 0.4) is 0 Å². The van der Waals surface area contributed by atoms with Crippen LogP contribution in [0.2, 0.25) is 5.02 Å².